The van der Waals surface area contributed by atoms with Crippen LogP contribution in [-0.2, 0) is 11.8 Å². The monoisotopic (exact) mass is 449 g/mol. The van der Waals surface area contributed by atoms with E-state index in [0.717, 1.165) is 28.1 Å². The normalized spacial score (nSPS) is 14.8. The largest absolute Gasteiger partial charge is 0.372 e. The molecule has 2 N–H and O–H groups in total. The molecular weight excluding hydrogens is 418 g/mol. The zero-order chi connectivity index (χ0) is 23.5. The van der Waals surface area contributed by atoms with E-state index in [4.69, 9.17) is 4.74 Å². The molecule has 1 unspecified atom stereocenters. The summed E-state index contributed by atoms with van der Waals surface area (Å²) in [6, 6.07) is 7.88. The molecule has 0 radical (unpaired) electrons. The second-order valence-corrected chi connectivity index (χ2v) is 8.75. The standard InChI is InChI=1S/C24H31N7O2/c1-15(2)33-20-13-31(14-20)24(32)27-17(4)21-7-6-18(10-16(21)3)22-8-9-25-23(29-22)28-19-11-26-30(5)12-19/h6-12,15,17,20H,13-14H2,1-5H3,(H,27,32)(H,25,28,29). The Morgan fingerprint density at radius 2 is 2.00 bits per heavy atom. The van der Waals surface area contributed by atoms with E-state index in [-0.39, 0.29) is 24.3 Å². The Balaban J connectivity index is 1.40. The predicted molar refractivity (Wildman–Crippen MR) is 127 cm³/mol. The van der Waals surface area contributed by atoms with Gasteiger partial charge >= 0.3 is 6.03 Å². The van der Waals surface area contributed by atoms with Crippen LogP contribution in [0, 0.1) is 6.92 Å². The number of aromatic nitrogens is 4. The number of nitrogens with one attached hydrogen (secondary N) is 2. The number of likely N-dealkylation sites (tertiary alicyclic amines) is 1. The maximum Gasteiger partial charge on any atom is 0.318 e. The van der Waals surface area contributed by atoms with Gasteiger partial charge in [-0.2, -0.15) is 5.10 Å². The highest BCUT2D eigenvalue weighted by atomic mass is 16.5. The minimum Gasteiger partial charge on any atom is -0.372 e. The molecule has 1 aliphatic heterocycles. The van der Waals surface area contributed by atoms with Crippen LogP contribution in [0.3, 0.4) is 0 Å². The van der Waals surface area contributed by atoms with Crippen molar-refractivity contribution < 1.29 is 9.53 Å². The Kier molecular flexibility index (Phi) is 6.60. The highest BCUT2D eigenvalue weighted by molar-refractivity contribution is 5.76. The molecule has 0 saturated carbocycles. The Morgan fingerprint density at radius 3 is 2.67 bits per heavy atom. The molecule has 1 aromatic carbocycles. The summed E-state index contributed by atoms with van der Waals surface area (Å²) < 4.78 is 7.45. The van der Waals surface area contributed by atoms with Crippen LogP contribution < -0.4 is 10.6 Å². The highest BCUT2D eigenvalue weighted by Crippen LogP contribution is 2.26. The number of nitrogens with zero attached hydrogens (tertiary/aromatic N) is 5. The molecule has 3 aromatic rings. The number of amides is 2. The van der Waals surface area contributed by atoms with Crippen LogP contribution >= 0.6 is 0 Å². The fourth-order valence-corrected chi connectivity index (χ4v) is 3.94. The number of anilines is 2. The van der Waals surface area contributed by atoms with Crippen LogP contribution in [0.2, 0.25) is 0 Å². The number of ether oxygens (including phenoxy) is 1. The zero-order valence-corrected chi connectivity index (χ0v) is 19.7. The van der Waals surface area contributed by atoms with Crippen LogP contribution in [0.15, 0.2) is 42.9 Å². The molecule has 1 saturated heterocycles. The molecule has 0 aliphatic carbocycles. The molecule has 2 amide bonds. The van der Waals surface area contributed by atoms with E-state index in [1.165, 1.54) is 0 Å². The maximum absolute atomic E-state index is 12.6. The zero-order valence-electron chi connectivity index (χ0n) is 19.7. The van der Waals surface area contributed by atoms with Crippen molar-refractivity contribution in [2.75, 3.05) is 18.4 Å². The van der Waals surface area contributed by atoms with Crippen molar-refractivity contribution in [3.05, 3.63) is 54.0 Å². The Hall–Kier alpha value is -3.46. The molecular formula is C24H31N7O2. The third-order valence-electron chi connectivity index (χ3n) is 5.59. The number of urea groups is 1. The van der Waals surface area contributed by atoms with Crippen molar-refractivity contribution in [2.24, 2.45) is 7.05 Å². The number of benzene rings is 1. The molecule has 1 fully saturated rings. The van der Waals surface area contributed by atoms with Gasteiger partial charge in [0.2, 0.25) is 5.95 Å². The summed E-state index contributed by atoms with van der Waals surface area (Å²) in [5, 5.41) is 10.4. The van der Waals surface area contributed by atoms with Gasteiger partial charge in [0.05, 0.1) is 48.9 Å². The molecule has 2 aromatic heterocycles. The third kappa shape index (κ3) is 5.48. The molecule has 9 heteroatoms. The van der Waals surface area contributed by atoms with E-state index < -0.39 is 0 Å². The summed E-state index contributed by atoms with van der Waals surface area (Å²) in [7, 11) is 1.86. The average molecular weight is 450 g/mol. The lowest BCUT2D eigenvalue weighted by molar-refractivity contribution is -0.0643. The maximum atomic E-state index is 12.6. The van der Waals surface area contributed by atoms with Crippen LogP contribution in [0.4, 0.5) is 16.4 Å². The average Bonchev–Trinajstić information content (AvgIpc) is 3.14. The lowest BCUT2D eigenvalue weighted by Gasteiger charge is -2.40. The number of rotatable bonds is 7. The van der Waals surface area contributed by atoms with Crippen molar-refractivity contribution >= 4 is 17.7 Å². The number of carbonyl (C=O) groups excluding carboxylic acids is 1. The number of hydrogen-bond acceptors (Lipinski definition) is 6. The quantitative estimate of drug-likeness (QED) is 0.569. The van der Waals surface area contributed by atoms with Gasteiger partial charge in [0.15, 0.2) is 0 Å². The van der Waals surface area contributed by atoms with Crippen molar-refractivity contribution in [2.45, 2.75) is 45.9 Å². The van der Waals surface area contributed by atoms with Gasteiger partial charge in [0.25, 0.3) is 0 Å². The van der Waals surface area contributed by atoms with Crippen LogP contribution in [0.25, 0.3) is 11.3 Å². The lowest BCUT2D eigenvalue weighted by Crippen LogP contribution is -2.58. The first-order chi connectivity index (χ1) is 15.8. The third-order valence-corrected chi connectivity index (χ3v) is 5.59. The van der Waals surface area contributed by atoms with Gasteiger partial charge in [-0.05, 0) is 51.0 Å². The lowest BCUT2D eigenvalue weighted by atomic mass is 9.98. The highest BCUT2D eigenvalue weighted by Gasteiger charge is 2.32. The van der Waals surface area contributed by atoms with Crippen LogP contribution in [-0.4, -0.2) is 56.0 Å². The van der Waals surface area contributed by atoms with Gasteiger partial charge in [-0.3, -0.25) is 4.68 Å². The summed E-state index contributed by atoms with van der Waals surface area (Å²) in [6.07, 6.45) is 5.64. The summed E-state index contributed by atoms with van der Waals surface area (Å²) in [4.78, 5) is 23.3. The molecule has 3 heterocycles. The molecule has 1 atom stereocenters. The Bertz CT molecular complexity index is 1120. The number of carbonyl (C=O) groups is 1. The predicted octanol–water partition coefficient (Wildman–Crippen LogP) is 3.81. The van der Waals surface area contributed by atoms with Gasteiger partial charge < -0.3 is 20.3 Å². The van der Waals surface area contributed by atoms with Gasteiger partial charge in [0.1, 0.15) is 0 Å². The van der Waals surface area contributed by atoms with E-state index in [1.807, 2.05) is 59.1 Å². The molecule has 174 valence electrons. The fraction of sp³-hybridized carbons (Fsp3) is 0.417. The van der Waals surface area contributed by atoms with Gasteiger partial charge in [0, 0.05) is 25.0 Å². The van der Waals surface area contributed by atoms with Crippen molar-refractivity contribution in [3.8, 4) is 11.3 Å². The van der Waals surface area contributed by atoms with Crippen LogP contribution in [0.1, 0.15) is 37.9 Å². The summed E-state index contributed by atoms with van der Waals surface area (Å²) in [5.41, 5.74) is 4.80. The molecule has 9 nitrogen and oxygen atoms in total. The first kappa shape index (κ1) is 22.7. The summed E-state index contributed by atoms with van der Waals surface area (Å²) >= 11 is 0. The topological polar surface area (TPSA) is 97.2 Å². The van der Waals surface area contributed by atoms with Gasteiger partial charge in [-0.15, -0.1) is 0 Å². The first-order valence-corrected chi connectivity index (χ1v) is 11.2. The van der Waals surface area contributed by atoms with Crippen molar-refractivity contribution in [3.63, 3.8) is 0 Å². The van der Waals surface area contributed by atoms with E-state index in [1.54, 1.807) is 22.0 Å². The first-order valence-electron chi connectivity index (χ1n) is 11.2. The minimum atomic E-state index is -0.107. The van der Waals surface area contributed by atoms with Crippen LogP contribution in [0.5, 0.6) is 0 Å². The second kappa shape index (κ2) is 9.58. The van der Waals surface area contributed by atoms with E-state index in [0.29, 0.717) is 19.0 Å². The number of aryl methyl sites for hydroxylation is 2. The van der Waals surface area contributed by atoms with E-state index >= 15 is 0 Å². The summed E-state index contributed by atoms with van der Waals surface area (Å²) in [5.74, 6) is 0.511. The van der Waals surface area contributed by atoms with Gasteiger partial charge in [-0.25, -0.2) is 14.8 Å². The molecule has 33 heavy (non-hydrogen) atoms. The molecule has 4 rings (SSSR count). The SMILES string of the molecule is Cc1cc(-c2ccnc(Nc3cnn(C)c3)n2)ccc1C(C)NC(=O)N1CC(OC(C)C)C1. The van der Waals surface area contributed by atoms with E-state index in [9.17, 15) is 4.79 Å². The summed E-state index contributed by atoms with van der Waals surface area (Å²) in [6.45, 7) is 9.35. The Labute approximate surface area is 194 Å². The van der Waals surface area contributed by atoms with Crippen molar-refractivity contribution in [1.82, 2.24) is 30.0 Å². The van der Waals surface area contributed by atoms with Gasteiger partial charge in [-0.1, -0.05) is 12.1 Å². The second-order valence-electron chi connectivity index (χ2n) is 8.75. The molecule has 1 aliphatic rings. The Morgan fingerprint density at radius 1 is 1.21 bits per heavy atom. The van der Waals surface area contributed by atoms with Crippen molar-refractivity contribution in [1.29, 1.82) is 0 Å². The molecule has 0 bridgehead atoms. The molecule has 0 spiro atoms. The fourth-order valence-electron chi connectivity index (χ4n) is 3.94. The smallest absolute Gasteiger partial charge is 0.318 e. The van der Waals surface area contributed by atoms with E-state index in [2.05, 4.69) is 31.8 Å². The minimum absolute atomic E-state index is 0.0588. The number of hydrogen-bond donors (Lipinski definition) is 2.